The topological polar surface area (TPSA) is 39.4 Å². The quantitative estimate of drug-likeness (QED) is 0.730. The molecule has 3 rings (SSSR count). The molecule has 0 bridgehead atoms. The van der Waals surface area contributed by atoms with Crippen LogP contribution in [-0.2, 0) is 0 Å². The molecule has 5 heteroatoms. The Hall–Kier alpha value is -2.43. The molecular weight excluding hydrogens is 257 g/mol. The molecule has 0 amide bonds. The van der Waals surface area contributed by atoms with Gasteiger partial charge < -0.3 is 4.74 Å². The van der Waals surface area contributed by atoms with Crippen molar-refractivity contribution in [1.29, 1.82) is 0 Å². The molecule has 4 nitrogen and oxygen atoms in total. The van der Waals surface area contributed by atoms with Crippen molar-refractivity contribution in [3.05, 3.63) is 48.4 Å². The normalized spacial score (nSPS) is 10.9. The van der Waals surface area contributed by atoms with E-state index in [0.29, 0.717) is 12.5 Å². The summed E-state index contributed by atoms with van der Waals surface area (Å²) < 4.78 is 20.1. The molecule has 2 aromatic heterocycles. The maximum absolute atomic E-state index is 12.9. The first kappa shape index (κ1) is 12.6. The van der Waals surface area contributed by atoms with Crippen LogP contribution in [0.3, 0.4) is 0 Å². The van der Waals surface area contributed by atoms with Gasteiger partial charge in [0.25, 0.3) is 0 Å². The van der Waals surface area contributed by atoms with Crippen LogP contribution in [0.1, 0.15) is 13.3 Å². The van der Waals surface area contributed by atoms with Gasteiger partial charge in [0.15, 0.2) is 5.65 Å². The van der Waals surface area contributed by atoms with Crippen molar-refractivity contribution in [2.24, 2.45) is 0 Å². The molecule has 0 atom stereocenters. The Morgan fingerprint density at radius 1 is 1.15 bits per heavy atom. The molecule has 0 unspecified atom stereocenters. The average molecular weight is 271 g/mol. The lowest BCUT2D eigenvalue weighted by Crippen LogP contribution is -2.00. The first-order valence-electron chi connectivity index (χ1n) is 6.51. The standard InChI is InChI=1S/C15H14FN3O/c1-2-9-20-15-8-7-14-17-13(10-19(14)18-15)11-3-5-12(16)6-4-11/h3-8,10H,2,9H2,1H3. The Morgan fingerprint density at radius 2 is 1.95 bits per heavy atom. The van der Waals surface area contributed by atoms with Crippen molar-refractivity contribution in [1.82, 2.24) is 14.6 Å². The third-order valence-electron chi connectivity index (χ3n) is 2.89. The van der Waals surface area contributed by atoms with Crippen LogP contribution in [0, 0.1) is 5.82 Å². The number of rotatable bonds is 4. The highest BCUT2D eigenvalue weighted by atomic mass is 19.1. The molecule has 0 aliphatic carbocycles. The average Bonchev–Trinajstić information content (AvgIpc) is 2.89. The predicted octanol–water partition coefficient (Wildman–Crippen LogP) is 3.32. The van der Waals surface area contributed by atoms with Crippen LogP contribution in [-0.4, -0.2) is 21.2 Å². The van der Waals surface area contributed by atoms with E-state index in [1.165, 1.54) is 12.1 Å². The molecule has 0 fully saturated rings. The van der Waals surface area contributed by atoms with Gasteiger partial charge in [-0.05, 0) is 36.8 Å². The van der Waals surface area contributed by atoms with Gasteiger partial charge in [0.1, 0.15) is 5.82 Å². The lowest BCUT2D eigenvalue weighted by Gasteiger charge is -2.02. The van der Waals surface area contributed by atoms with Gasteiger partial charge >= 0.3 is 0 Å². The van der Waals surface area contributed by atoms with E-state index < -0.39 is 0 Å². The molecule has 102 valence electrons. The summed E-state index contributed by atoms with van der Waals surface area (Å²) in [4.78, 5) is 4.46. The molecule has 1 aromatic carbocycles. The summed E-state index contributed by atoms with van der Waals surface area (Å²) >= 11 is 0. The summed E-state index contributed by atoms with van der Waals surface area (Å²) in [5.41, 5.74) is 2.34. The molecule has 0 N–H and O–H groups in total. The first-order valence-corrected chi connectivity index (χ1v) is 6.51. The fraction of sp³-hybridized carbons (Fsp3) is 0.200. The number of imidazole rings is 1. The number of fused-ring (bicyclic) bond motifs is 1. The van der Waals surface area contributed by atoms with E-state index in [4.69, 9.17) is 4.74 Å². The van der Waals surface area contributed by atoms with Gasteiger partial charge in [-0.2, -0.15) is 0 Å². The minimum absolute atomic E-state index is 0.258. The van der Waals surface area contributed by atoms with Crippen molar-refractivity contribution in [2.75, 3.05) is 6.61 Å². The summed E-state index contributed by atoms with van der Waals surface area (Å²) in [7, 11) is 0. The van der Waals surface area contributed by atoms with E-state index in [1.807, 2.05) is 13.0 Å². The molecule has 0 saturated carbocycles. The zero-order valence-electron chi connectivity index (χ0n) is 11.1. The largest absolute Gasteiger partial charge is 0.477 e. The van der Waals surface area contributed by atoms with E-state index in [0.717, 1.165) is 23.3 Å². The minimum atomic E-state index is -0.258. The van der Waals surface area contributed by atoms with Crippen LogP contribution in [0.5, 0.6) is 5.88 Å². The van der Waals surface area contributed by atoms with Crippen LogP contribution < -0.4 is 4.74 Å². The highest BCUT2D eigenvalue weighted by Crippen LogP contribution is 2.20. The van der Waals surface area contributed by atoms with Gasteiger partial charge in [0, 0.05) is 11.6 Å². The minimum Gasteiger partial charge on any atom is -0.477 e. The van der Waals surface area contributed by atoms with Crippen LogP contribution >= 0.6 is 0 Å². The monoisotopic (exact) mass is 271 g/mol. The maximum atomic E-state index is 12.9. The molecule has 0 radical (unpaired) electrons. The summed E-state index contributed by atoms with van der Waals surface area (Å²) in [5, 5.41) is 4.33. The lowest BCUT2D eigenvalue weighted by molar-refractivity contribution is 0.300. The third-order valence-corrected chi connectivity index (χ3v) is 2.89. The summed E-state index contributed by atoms with van der Waals surface area (Å²) in [6, 6.07) is 9.89. The zero-order chi connectivity index (χ0) is 13.9. The Labute approximate surface area is 115 Å². The van der Waals surface area contributed by atoms with Gasteiger partial charge in [-0.3, -0.25) is 0 Å². The van der Waals surface area contributed by atoms with Gasteiger partial charge in [-0.1, -0.05) is 6.92 Å². The second-order valence-electron chi connectivity index (χ2n) is 4.46. The summed E-state index contributed by atoms with van der Waals surface area (Å²) in [5.74, 6) is 0.313. The lowest BCUT2D eigenvalue weighted by atomic mass is 10.2. The second kappa shape index (κ2) is 5.28. The number of ether oxygens (including phenoxy) is 1. The van der Waals surface area contributed by atoms with E-state index in [-0.39, 0.29) is 5.82 Å². The molecule has 3 aromatic rings. The number of halogens is 1. The van der Waals surface area contributed by atoms with Crippen molar-refractivity contribution in [3.63, 3.8) is 0 Å². The van der Waals surface area contributed by atoms with Crippen molar-refractivity contribution < 1.29 is 9.13 Å². The van der Waals surface area contributed by atoms with Crippen LogP contribution in [0.15, 0.2) is 42.6 Å². The van der Waals surface area contributed by atoms with E-state index >= 15 is 0 Å². The smallest absolute Gasteiger partial charge is 0.231 e. The Morgan fingerprint density at radius 3 is 2.70 bits per heavy atom. The molecule has 0 aliphatic heterocycles. The maximum Gasteiger partial charge on any atom is 0.231 e. The van der Waals surface area contributed by atoms with Gasteiger partial charge in [-0.15, -0.1) is 5.10 Å². The van der Waals surface area contributed by atoms with Gasteiger partial charge in [0.2, 0.25) is 5.88 Å². The van der Waals surface area contributed by atoms with Gasteiger partial charge in [0.05, 0.1) is 18.5 Å². The molecule has 20 heavy (non-hydrogen) atoms. The van der Waals surface area contributed by atoms with E-state index in [1.54, 1.807) is 28.9 Å². The molecule has 0 spiro atoms. The Bertz CT molecular complexity index is 722. The van der Waals surface area contributed by atoms with Crippen molar-refractivity contribution in [3.8, 4) is 17.1 Å². The van der Waals surface area contributed by atoms with Crippen molar-refractivity contribution in [2.45, 2.75) is 13.3 Å². The highest BCUT2D eigenvalue weighted by Gasteiger charge is 2.06. The first-order chi connectivity index (χ1) is 9.76. The second-order valence-corrected chi connectivity index (χ2v) is 4.46. The van der Waals surface area contributed by atoms with E-state index in [2.05, 4.69) is 10.1 Å². The van der Waals surface area contributed by atoms with Crippen LogP contribution in [0.4, 0.5) is 4.39 Å². The van der Waals surface area contributed by atoms with E-state index in [9.17, 15) is 4.39 Å². The zero-order valence-corrected chi connectivity index (χ0v) is 11.1. The number of hydrogen-bond donors (Lipinski definition) is 0. The number of benzene rings is 1. The number of aromatic nitrogens is 3. The molecule has 0 aliphatic rings. The Balaban J connectivity index is 1.95. The molecule has 0 saturated heterocycles. The fourth-order valence-corrected chi connectivity index (χ4v) is 1.91. The van der Waals surface area contributed by atoms with Crippen LogP contribution in [0.25, 0.3) is 16.9 Å². The van der Waals surface area contributed by atoms with Gasteiger partial charge in [-0.25, -0.2) is 13.9 Å². The van der Waals surface area contributed by atoms with Crippen molar-refractivity contribution >= 4 is 5.65 Å². The predicted molar refractivity (Wildman–Crippen MR) is 74.2 cm³/mol. The summed E-state index contributed by atoms with van der Waals surface area (Å²) in [6.07, 6.45) is 2.74. The fourth-order valence-electron chi connectivity index (χ4n) is 1.91. The van der Waals surface area contributed by atoms with Crippen LogP contribution in [0.2, 0.25) is 0 Å². The molecular formula is C15H14FN3O. The molecule has 2 heterocycles. The highest BCUT2D eigenvalue weighted by molar-refractivity contribution is 5.62. The summed E-state index contributed by atoms with van der Waals surface area (Å²) in [6.45, 7) is 2.68. The number of hydrogen-bond acceptors (Lipinski definition) is 3. The Kier molecular flexibility index (Phi) is 3.33. The third kappa shape index (κ3) is 2.47. The SMILES string of the molecule is CCCOc1ccc2nc(-c3ccc(F)cc3)cn2n1. The number of nitrogens with zero attached hydrogens (tertiary/aromatic N) is 3.